The molecule has 4 unspecified atom stereocenters. The lowest BCUT2D eigenvalue weighted by Crippen LogP contribution is -2.66. The van der Waals surface area contributed by atoms with Gasteiger partial charge in [-0.05, 0) is 0 Å². The van der Waals surface area contributed by atoms with Crippen LogP contribution in [0, 0.1) is 0 Å². The van der Waals surface area contributed by atoms with Gasteiger partial charge in [-0.1, -0.05) is 10.1 Å². The SMILES string of the molecule is CO[C@@H]1O[C@@H](COS(=O)(=O)O)[C@@H](O[C@@H]2OC(COS(=O)(=O)O)[C@@H](OOO)[C@H](OO)C2OS(=O)(=O)O)C(OOO)C1OS(=O)(=O)O. The molecule has 28 nitrogen and oxygen atoms in total. The highest BCUT2D eigenvalue weighted by Gasteiger charge is 2.57. The van der Waals surface area contributed by atoms with Crippen molar-refractivity contribution in [2.75, 3.05) is 20.3 Å². The van der Waals surface area contributed by atoms with Gasteiger partial charge in [-0.2, -0.15) is 43.4 Å². The van der Waals surface area contributed by atoms with E-state index in [4.69, 9.17) is 38.6 Å². The van der Waals surface area contributed by atoms with Crippen molar-refractivity contribution in [2.45, 2.75) is 61.4 Å². The first-order chi connectivity index (χ1) is 20.6. The van der Waals surface area contributed by atoms with Crippen LogP contribution >= 0.6 is 0 Å². The van der Waals surface area contributed by atoms with Crippen LogP contribution in [0.4, 0.5) is 0 Å². The topological polar surface area (TPSA) is 398 Å². The van der Waals surface area contributed by atoms with Crippen LogP contribution in [0.15, 0.2) is 0 Å². The molecule has 0 spiro atoms. The number of hydrogen-bond acceptors (Lipinski definition) is 24. The molecule has 2 saturated heterocycles. The Hall–Kier alpha value is -1.00. The lowest BCUT2D eigenvalue weighted by Gasteiger charge is -2.47. The number of hydrogen-bond donors (Lipinski definition) is 7. The van der Waals surface area contributed by atoms with Gasteiger partial charge < -0.3 is 18.9 Å². The zero-order valence-electron chi connectivity index (χ0n) is 21.5. The van der Waals surface area contributed by atoms with E-state index in [2.05, 4.69) is 41.5 Å². The third-order valence-electron chi connectivity index (χ3n) is 5.36. The summed E-state index contributed by atoms with van der Waals surface area (Å²) in [6, 6.07) is 0. The average Bonchev–Trinajstić information content (AvgIpc) is 2.88. The summed E-state index contributed by atoms with van der Waals surface area (Å²) < 4.78 is 165. The van der Waals surface area contributed by atoms with Crippen LogP contribution in [0.2, 0.25) is 0 Å². The lowest BCUT2D eigenvalue weighted by molar-refractivity contribution is -0.539. The Morgan fingerprint density at radius 3 is 1.38 bits per heavy atom. The Balaban J connectivity index is 2.68. The summed E-state index contributed by atoms with van der Waals surface area (Å²) in [6.45, 7) is -2.72. The summed E-state index contributed by atoms with van der Waals surface area (Å²) in [6.07, 6.45) is -23.0. The normalized spacial score (nSPS) is 33.7. The third kappa shape index (κ3) is 12.9. The van der Waals surface area contributed by atoms with Crippen LogP contribution in [-0.2, 0) is 102 Å². The van der Waals surface area contributed by atoms with Gasteiger partial charge >= 0.3 is 41.6 Å². The molecule has 0 aromatic carbocycles. The van der Waals surface area contributed by atoms with Gasteiger partial charge in [0.2, 0.25) is 0 Å². The van der Waals surface area contributed by atoms with E-state index in [1.54, 1.807) is 0 Å². The fourth-order valence-corrected chi connectivity index (χ4v) is 5.46. The molecule has 45 heavy (non-hydrogen) atoms. The van der Waals surface area contributed by atoms with Gasteiger partial charge in [0, 0.05) is 7.11 Å². The summed E-state index contributed by atoms with van der Waals surface area (Å²) in [7, 11) is -20.9. The molecule has 0 aromatic rings. The first-order valence-electron chi connectivity index (χ1n) is 10.9. The fourth-order valence-electron chi connectivity index (χ4n) is 3.88. The second-order valence-corrected chi connectivity index (χ2v) is 12.4. The highest BCUT2D eigenvalue weighted by atomic mass is 32.3. The minimum Gasteiger partial charge on any atom is -0.353 e. The first-order valence-corrected chi connectivity index (χ1v) is 16.4. The van der Waals surface area contributed by atoms with Crippen LogP contribution in [0.1, 0.15) is 0 Å². The molecule has 2 aliphatic heterocycles. The number of ether oxygens (including phenoxy) is 4. The smallest absolute Gasteiger partial charge is 0.353 e. The molecule has 0 bridgehead atoms. The lowest BCUT2D eigenvalue weighted by atomic mass is 9.97. The van der Waals surface area contributed by atoms with E-state index in [-0.39, 0.29) is 0 Å². The Kier molecular flexibility index (Phi) is 14.6. The highest BCUT2D eigenvalue weighted by Crippen LogP contribution is 2.35. The highest BCUT2D eigenvalue weighted by molar-refractivity contribution is 7.81. The minimum absolute atomic E-state index is 0.830. The number of rotatable bonds is 18. The molecule has 2 aliphatic rings. The van der Waals surface area contributed by atoms with Gasteiger partial charge in [-0.15, -0.1) is 0 Å². The monoisotopic (exact) mass is 756 g/mol. The third-order valence-corrected chi connectivity index (χ3v) is 7.16. The van der Waals surface area contributed by atoms with E-state index in [0.29, 0.717) is 0 Å². The van der Waals surface area contributed by atoms with Crippen molar-refractivity contribution in [3.8, 4) is 0 Å². The molecule has 0 radical (unpaired) electrons. The molecule has 2 heterocycles. The van der Waals surface area contributed by atoms with Crippen molar-refractivity contribution in [1.82, 2.24) is 0 Å². The van der Waals surface area contributed by atoms with Crippen molar-refractivity contribution >= 4 is 41.6 Å². The predicted molar refractivity (Wildman–Crippen MR) is 122 cm³/mol. The molecule has 0 saturated carbocycles. The van der Waals surface area contributed by atoms with Gasteiger partial charge in [-0.3, -0.25) is 23.5 Å². The summed E-state index contributed by atoms with van der Waals surface area (Å²) in [4.78, 5) is 12.9. The van der Waals surface area contributed by atoms with E-state index in [1.807, 2.05) is 0 Å². The molecule has 0 amide bonds. The summed E-state index contributed by atoms with van der Waals surface area (Å²) in [5, 5.41) is 34.1. The van der Waals surface area contributed by atoms with Gasteiger partial charge in [-0.25, -0.2) is 32.1 Å². The largest absolute Gasteiger partial charge is 0.397 e. The molecular formula is C13H24O28S4. The Morgan fingerprint density at radius 1 is 0.556 bits per heavy atom. The zero-order chi connectivity index (χ0) is 34.4. The molecule has 2 rings (SSSR count). The maximum absolute atomic E-state index is 11.6. The van der Waals surface area contributed by atoms with Crippen LogP contribution in [-0.4, -0.2) is 149 Å². The van der Waals surface area contributed by atoms with E-state index in [1.165, 1.54) is 0 Å². The van der Waals surface area contributed by atoms with Gasteiger partial charge in [0.05, 0.1) is 13.2 Å². The summed E-state index contributed by atoms with van der Waals surface area (Å²) in [5.74, 6) is 0. The molecule has 0 aliphatic carbocycles. The maximum Gasteiger partial charge on any atom is 0.397 e. The van der Waals surface area contributed by atoms with Gasteiger partial charge in [0.15, 0.2) is 43.1 Å². The van der Waals surface area contributed by atoms with E-state index < -0.39 is 116 Å². The molecule has 7 N–H and O–H groups in total. The zero-order valence-corrected chi connectivity index (χ0v) is 24.8. The van der Waals surface area contributed by atoms with Crippen molar-refractivity contribution in [1.29, 1.82) is 0 Å². The summed E-state index contributed by atoms with van der Waals surface area (Å²) in [5.41, 5.74) is 0. The molecule has 268 valence electrons. The molecule has 10 atom stereocenters. The van der Waals surface area contributed by atoms with Crippen LogP contribution in [0.25, 0.3) is 0 Å². The summed E-state index contributed by atoms with van der Waals surface area (Å²) >= 11 is 0. The standard InChI is InChI=1S/C13H24O28S4/c1-29-12-11(39-45(26,27)28)9(37-41-16)6(4(32-12)2-30-42(17,18)19)34-13-10(38-44(23,24)25)8(35-14)7(36-40-15)5(33-13)3-31-43(20,21)22/h4-16H,2-3H2,1H3,(H,17,18,19)(H,20,21,22)(H,23,24,25)(H,26,27,28)/t4-,5?,6+,7+,8-,9?,10?,11?,12+,13-/m0/s1. The Bertz CT molecular complexity index is 1360. The minimum atomic E-state index is -5.64. The van der Waals surface area contributed by atoms with E-state index in [0.717, 1.165) is 7.11 Å². The first kappa shape index (κ1) is 40.2. The predicted octanol–water partition coefficient (Wildman–Crippen LogP) is -4.08. The van der Waals surface area contributed by atoms with Gasteiger partial charge in [0.25, 0.3) is 0 Å². The van der Waals surface area contributed by atoms with Crippen LogP contribution < -0.4 is 0 Å². The van der Waals surface area contributed by atoms with Crippen molar-refractivity contribution in [3.05, 3.63) is 0 Å². The van der Waals surface area contributed by atoms with Crippen molar-refractivity contribution in [3.63, 3.8) is 0 Å². The van der Waals surface area contributed by atoms with Crippen LogP contribution in [0.5, 0.6) is 0 Å². The van der Waals surface area contributed by atoms with E-state index >= 15 is 0 Å². The quantitative estimate of drug-likeness (QED) is 0.0397. The molecule has 32 heteroatoms. The van der Waals surface area contributed by atoms with Crippen LogP contribution in [0.3, 0.4) is 0 Å². The number of methoxy groups -OCH3 is 1. The molecule has 0 aromatic heterocycles. The average molecular weight is 757 g/mol. The van der Waals surface area contributed by atoms with Crippen molar-refractivity contribution < 1.29 is 128 Å². The second kappa shape index (κ2) is 16.4. The second-order valence-electron chi connectivity index (χ2n) is 8.16. The Morgan fingerprint density at radius 2 is 0.978 bits per heavy atom. The maximum atomic E-state index is 11.6. The van der Waals surface area contributed by atoms with Crippen molar-refractivity contribution in [2.24, 2.45) is 0 Å². The van der Waals surface area contributed by atoms with E-state index in [9.17, 15) is 48.0 Å². The Labute approximate surface area is 251 Å². The molecular weight excluding hydrogens is 732 g/mol. The van der Waals surface area contributed by atoms with Gasteiger partial charge in [0.1, 0.15) is 18.3 Å². The molecule has 2 fully saturated rings. The fraction of sp³-hybridized carbons (Fsp3) is 1.00.